The number of hydrogen-bond donors (Lipinski definition) is 2. The molecule has 102 valence electrons. The maximum absolute atomic E-state index is 11.7. The molecule has 0 saturated carbocycles. The molecule has 0 unspecified atom stereocenters. The second kappa shape index (κ2) is 6.73. The van der Waals surface area contributed by atoms with Gasteiger partial charge in [0.1, 0.15) is 0 Å². The van der Waals surface area contributed by atoms with Crippen molar-refractivity contribution < 1.29 is 9.59 Å². The molecule has 0 saturated heterocycles. The van der Waals surface area contributed by atoms with Gasteiger partial charge in [-0.25, -0.2) is 0 Å². The lowest BCUT2D eigenvalue weighted by molar-refractivity contribution is -0.116. The van der Waals surface area contributed by atoms with E-state index in [9.17, 15) is 9.59 Å². The number of anilines is 2. The van der Waals surface area contributed by atoms with Gasteiger partial charge in [0, 0.05) is 23.9 Å². The molecule has 0 bridgehead atoms. The van der Waals surface area contributed by atoms with Crippen LogP contribution in [0.5, 0.6) is 0 Å². The van der Waals surface area contributed by atoms with E-state index < -0.39 is 0 Å². The van der Waals surface area contributed by atoms with Gasteiger partial charge in [0.15, 0.2) is 0 Å². The van der Waals surface area contributed by atoms with E-state index in [0.717, 1.165) is 11.1 Å². The minimum atomic E-state index is -0.165. The van der Waals surface area contributed by atoms with E-state index in [1.807, 2.05) is 32.9 Å². The zero-order valence-corrected chi connectivity index (χ0v) is 11.8. The Bertz CT molecular complexity index is 515. The topological polar surface area (TPSA) is 58.2 Å². The number of rotatable bonds is 4. The highest BCUT2D eigenvalue weighted by atomic mass is 16.2. The van der Waals surface area contributed by atoms with Crippen molar-refractivity contribution in [1.29, 1.82) is 0 Å². The molecule has 4 nitrogen and oxygen atoms in total. The van der Waals surface area contributed by atoms with E-state index in [1.54, 1.807) is 13.0 Å². The fourth-order valence-electron chi connectivity index (χ4n) is 1.51. The third kappa shape index (κ3) is 4.95. The van der Waals surface area contributed by atoms with Gasteiger partial charge in [-0.1, -0.05) is 18.6 Å². The molecule has 2 amide bonds. The monoisotopic (exact) mass is 260 g/mol. The van der Waals surface area contributed by atoms with Crippen LogP contribution in [0.2, 0.25) is 0 Å². The quantitative estimate of drug-likeness (QED) is 0.816. The first-order chi connectivity index (χ1) is 8.92. The summed E-state index contributed by atoms with van der Waals surface area (Å²) in [6.07, 6.45) is 1.96. The Kier molecular flexibility index (Phi) is 5.30. The Morgan fingerprint density at radius 3 is 2.47 bits per heavy atom. The number of nitrogens with one attached hydrogen (secondary N) is 2. The van der Waals surface area contributed by atoms with Crippen molar-refractivity contribution in [2.24, 2.45) is 0 Å². The van der Waals surface area contributed by atoms with Gasteiger partial charge in [-0.2, -0.15) is 0 Å². The van der Waals surface area contributed by atoms with Gasteiger partial charge < -0.3 is 10.6 Å². The van der Waals surface area contributed by atoms with Crippen molar-refractivity contribution in [1.82, 2.24) is 0 Å². The average molecular weight is 260 g/mol. The van der Waals surface area contributed by atoms with Crippen molar-refractivity contribution in [2.75, 3.05) is 10.6 Å². The minimum absolute atomic E-state index is 0.0505. The molecule has 0 atom stereocenters. The zero-order valence-electron chi connectivity index (χ0n) is 11.8. The molecule has 1 aromatic carbocycles. The van der Waals surface area contributed by atoms with Crippen molar-refractivity contribution in [3.05, 3.63) is 35.4 Å². The number of aryl methyl sites for hydroxylation is 1. The number of carbonyl (C=O) groups is 2. The normalized spacial score (nSPS) is 9.68. The Labute approximate surface area is 113 Å². The number of carbonyl (C=O) groups excluding carboxylic acids is 2. The van der Waals surface area contributed by atoms with Crippen LogP contribution >= 0.6 is 0 Å². The maximum atomic E-state index is 11.7. The van der Waals surface area contributed by atoms with Crippen LogP contribution < -0.4 is 10.6 Å². The molecule has 0 radical (unpaired) electrons. The molecule has 2 N–H and O–H groups in total. The Balaban J connectivity index is 2.88. The highest BCUT2D eigenvalue weighted by molar-refractivity contribution is 6.01. The first-order valence-electron chi connectivity index (χ1n) is 6.28. The van der Waals surface area contributed by atoms with Crippen molar-refractivity contribution in [2.45, 2.75) is 34.1 Å². The number of allylic oxidation sites excluding steroid dienone is 1. The first kappa shape index (κ1) is 15.0. The molecular weight excluding hydrogens is 240 g/mol. The van der Waals surface area contributed by atoms with Crippen LogP contribution in [0.4, 0.5) is 11.4 Å². The Morgan fingerprint density at radius 1 is 1.21 bits per heavy atom. The third-order valence-corrected chi connectivity index (χ3v) is 2.52. The molecule has 0 aromatic heterocycles. The van der Waals surface area contributed by atoms with Crippen LogP contribution in [0.25, 0.3) is 0 Å². The zero-order chi connectivity index (χ0) is 14.4. The summed E-state index contributed by atoms with van der Waals surface area (Å²) in [5.41, 5.74) is 3.27. The summed E-state index contributed by atoms with van der Waals surface area (Å²) < 4.78 is 0. The molecule has 0 fully saturated rings. The summed E-state index contributed by atoms with van der Waals surface area (Å²) in [5, 5.41) is 5.57. The van der Waals surface area contributed by atoms with E-state index in [2.05, 4.69) is 10.6 Å². The van der Waals surface area contributed by atoms with Crippen LogP contribution in [-0.2, 0) is 9.59 Å². The van der Waals surface area contributed by atoms with E-state index >= 15 is 0 Å². The SMILES string of the molecule is CCC(=O)Nc1ccc(C)c(NC(=O)C=C(C)C)c1. The number of benzene rings is 1. The fourth-order valence-corrected chi connectivity index (χ4v) is 1.51. The fraction of sp³-hybridized carbons (Fsp3) is 0.333. The second-order valence-corrected chi connectivity index (χ2v) is 4.64. The summed E-state index contributed by atoms with van der Waals surface area (Å²) >= 11 is 0. The predicted molar refractivity (Wildman–Crippen MR) is 78.2 cm³/mol. The molecule has 0 aliphatic carbocycles. The standard InChI is InChI=1S/C15H20N2O2/c1-5-14(18)16-12-7-6-11(4)13(9-12)17-15(19)8-10(2)3/h6-9H,5H2,1-4H3,(H,16,18)(H,17,19). The maximum Gasteiger partial charge on any atom is 0.248 e. The second-order valence-electron chi connectivity index (χ2n) is 4.64. The summed E-state index contributed by atoms with van der Waals surface area (Å²) in [6, 6.07) is 5.45. The molecule has 1 rings (SSSR count). The van der Waals surface area contributed by atoms with Crippen LogP contribution in [-0.4, -0.2) is 11.8 Å². The third-order valence-electron chi connectivity index (χ3n) is 2.52. The largest absolute Gasteiger partial charge is 0.326 e. The molecular formula is C15H20N2O2. The molecule has 4 heteroatoms. The van der Waals surface area contributed by atoms with Gasteiger partial charge in [-0.15, -0.1) is 0 Å². The van der Waals surface area contributed by atoms with Crippen LogP contribution in [0, 0.1) is 6.92 Å². The molecule has 0 spiro atoms. The van der Waals surface area contributed by atoms with Crippen LogP contribution in [0.3, 0.4) is 0 Å². The molecule has 19 heavy (non-hydrogen) atoms. The van der Waals surface area contributed by atoms with Gasteiger partial charge in [0.25, 0.3) is 0 Å². The predicted octanol–water partition coefficient (Wildman–Crippen LogP) is 3.25. The highest BCUT2D eigenvalue weighted by Gasteiger charge is 2.05. The average Bonchev–Trinajstić information content (AvgIpc) is 2.32. The van der Waals surface area contributed by atoms with Crippen LogP contribution in [0.15, 0.2) is 29.8 Å². The van der Waals surface area contributed by atoms with Gasteiger partial charge in [0.05, 0.1) is 0 Å². The van der Waals surface area contributed by atoms with Gasteiger partial charge in [-0.3, -0.25) is 9.59 Å². The first-order valence-corrected chi connectivity index (χ1v) is 6.28. The summed E-state index contributed by atoms with van der Waals surface area (Å²) in [5.74, 6) is -0.215. The minimum Gasteiger partial charge on any atom is -0.326 e. The smallest absolute Gasteiger partial charge is 0.248 e. The van der Waals surface area contributed by atoms with Crippen molar-refractivity contribution >= 4 is 23.2 Å². The molecule has 0 aliphatic heterocycles. The lowest BCUT2D eigenvalue weighted by Crippen LogP contribution is -2.12. The number of hydrogen-bond acceptors (Lipinski definition) is 2. The summed E-state index contributed by atoms with van der Waals surface area (Å²) in [4.78, 5) is 23.0. The molecule has 0 heterocycles. The van der Waals surface area contributed by atoms with Crippen molar-refractivity contribution in [3.8, 4) is 0 Å². The van der Waals surface area contributed by atoms with E-state index in [4.69, 9.17) is 0 Å². The van der Waals surface area contributed by atoms with Crippen molar-refractivity contribution in [3.63, 3.8) is 0 Å². The van der Waals surface area contributed by atoms with E-state index in [1.165, 1.54) is 6.08 Å². The van der Waals surface area contributed by atoms with Gasteiger partial charge in [0.2, 0.25) is 11.8 Å². The Morgan fingerprint density at radius 2 is 1.89 bits per heavy atom. The van der Waals surface area contributed by atoms with Gasteiger partial charge in [-0.05, 0) is 38.5 Å². The lowest BCUT2D eigenvalue weighted by Gasteiger charge is -2.10. The Hall–Kier alpha value is -2.10. The molecule has 0 aliphatic rings. The summed E-state index contributed by atoms with van der Waals surface area (Å²) in [7, 11) is 0. The van der Waals surface area contributed by atoms with E-state index in [-0.39, 0.29) is 11.8 Å². The van der Waals surface area contributed by atoms with Gasteiger partial charge >= 0.3 is 0 Å². The summed E-state index contributed by atoms with van der Waals surface area (Å²) in [6.45, 7) is 7.43. The lowest BCUT2D eigenvalue weighted by atomic mass is 10.1. The van der Waals surface area contributed by atoms with E-state index in [0.29, 0.717) is 17.8 Å². The highest BCUT2D eigenvalue weighted by Crippen LogP contribution is 2.20. The number of amides is 2. The molecule has 1 aromatic rings. The van der Waals surface area contributed by atoms with Crippen LogP contribution in [0.1, 0.15) is 32.8 Å².